The van der Waals surface area contributed by atoms with Gasteiger partial charge in [0.1, 0.15) is 0 Å². The van der Waals surface area contributed by atoms with E-state index in [2.05, 4.69) is 89.9 Å². The lowest BCUT2D eigenvalue weighted by molar-refractivity contribution is -0.133. The molecule has 0 aromatic heterocycles. The molecule has 3 aromatic rings. The molecule has 8 rings (SSSR count). The largest absolute Gasteiger partial charge is 0.340 e. The van der Waals surface area contributed by atoms with E-state index in [0.29, 0.717) is 26.1 Å². The smallest absolute Gasteiger partial charge is 0.318 e. The van der Waals surface area contributed by atoms with Crippen LogP contribution in [0.2, 0.25) is 0 Å². The van der Waals surface area contributed by atoms with Gasteiger partial charge in [-0.05, 0) is 79.9 Å². The van der Waals surface area contributed by atoms with Crippen molar-refractivity contribution in [3.8, 4) is 0 Å². The van der Waals surface area contributed by atoms with Gasteiger partial charge in [-0.2, -0.15) is 0 Å². The van der Waals surface area contributed by atoms with Gasteiger partial charge in [-0.1, -0.05) is 91.0 Å². The van der Waals surface area contributed by atoms with Gasteiger partial charge in [0.25, 0.3) is 0 Å². The molecule has 0 spiro atoms. The Morgan fingerprint density at radius 2 is 1.20 bits per heavy atom. The summed E-state index contributed by atoms with van der Waals surface area (Å²) in [4.78, 5) is 34.2. The number of piperazine rings is 1. The molecule has 0 radical (unpaired) electrons. The van der Waals surface area contributed by atoms with Gasteiger partial charge in [0.05, 0.1) is 12.1 Å². The van der Waals surface area contributed by atoms with Crippen LogP contribution in [-0.2, 0) is 4.79 Å². The van der Waals surface area contributed by atoms with Crippen LogP contribution in [0.25, 0.3) is 0 Å². The van der Waals surface area contributed by atoms with E-state index in [9.17, 15) is 9.59 Å². The third-order valence-corrected chi connectivity index (χ3v) is 11.2. The van der Waals surface area contributed by atoms with Crippen molar-refractivity contribution in [3.05, 3.63) is 108 Å². The highest BCUT2D eigenvalue weighted by molar-refractivity contribution is 5.79. The maximum atomic E-state index is 14.1. The van der Waals surface area contributed by atoms with Gasteiger partial charge in [0.15, 0.2) is 0 Å². The average molecular weight is 605 g/mol. The second-order valence-electron chi connectivity index (χ2n) is 14.3. The van der Waals surface area contributed by atoms with E-state index in [1.807, 2.05) is 28.0 Å². The molecule has 45 heavy (non-hydrogen) atoms. The monoisotopic (exact) mass is 604 g/mol. The van der Waals surface area contributed by atoms with Crippen LogP contribution in [0.1, 0.15) is 80.6 Å². The number of carbonyl (C=O) groups excluding carboxylic acids is 2. The maximum Gasteiger partial charge on any atom is 0.318 e. The van der Waals surface area contributed by atoms with E-state index in [1.54, 1.807) is 0 Å². The summed E-state index contributed by atoms with van der Waals surface area (Å²) in [7, 11) is 0. The van der Waals surface area contributed by atoms with Crippen molar-refractivity contribution in [2.45, 2.75) is 69.5 Å². The Hall–Kier alpha value is -3.64. The second-order valence-corrected chi connectivity index (χ2v) is 14.3. The van der Waals surface area contributed by atoms with Crippen LogP contribution < -0.4 is 5.32 Å². The number of hydrogen-bond donors (Lipinski definition) is 1. The minimum atomic E-state index is -0.109. The number of hydrogen-bond acceptors (Lipinski definition) is 3. The van der Waals surface area contributed by atoms with Gasteiger partial charge in [0.2, 0.25) is 5.91 Å². The van der Waals surface area contributed by atoms with Crippen molar-refractivity contribution in [1.29, 1.82) is 0 Å². The van der Waals surface area contributed by atoms with E-state index >= 15 is 0 Å². The summed E-state index contributed by atoms with van der Waals surface area (Å²) >= 11 is 0. The molecule has 3 amide bonds. The molecule has 1 unspecified atom stereocenters. The molecule has 236 valence electrons. The standard InChI is InChI=1S/C39H48N4O2/c1-29(33-11-5-2-6-12-33)43(38(45)40-39-26-30-23-31(27-39)25-32(24-30)28-39)18-17-36(44)41-19-21-42(22-20-41)37(34-13-7-3-8-14-34)35-15-9-4-10-16-35/h2-16,29-32,37H,17-28H2,1H3,(H,40,45). The van der Waals surface area contributed by atoms with Crippen molar-refractivity contribution >= 4 is 11.9 Å². The van der Waals surface area contributed by atoms with Crippen molar-refractivity contribution in [2.24, 2.45) is 17.8 Å². The molecule has 4 saturated carbocycles. The summed E-state index contributed by atoms with van der Waals surface area (Å²) in [6.07, 6.45) is 7.74. The molecule has 4 bridgehead atoms. The quantitative estimate of drug-likeness (QED) is 0.285. The number of amides is 3. The van der Waals surface area contributed by atoms with E-state index in [-0.39, 0.29) is 29.6 Å². The lowest BCUT2D eigenvalue weighted by Gasteiger charge is -2.57. The Kier molecular flexibility index (Phi) is 8.68. The van der Waals surface area contributed by atoms with E-state index in [0.717, 1.165) is 55.7 Å². The fourth-order valence-electron chi connectivity index (χ4n) is 9.43. The fourth-order valence-corrected chi connectivity index (χ4v) is 9.43. The predicted molar refractivity (Wildman–Crippen MR) is 178 cm³/mol. The van der Waals surface area contributed by atoms with Crippen LogP contribution in [0.4, 0.5) is 4.79 Å². The SMILES string of the molecule is CC(c1ccccc1)N(CCC(=O)N1CCN(C(c2ccccc2)c2ccccc2)CC1)C(=O)NC12CC3CC(CC(C3)C1)C2. The van der Waals surface area contributed by atoms with Crippen LogP contribution in [0.5, 0.6) is 0 Å². The van der Waals surface area contributed by atoms with Crippen molar-refractivity contribution in [3.63, 3.8) is 0 Å². The third-order valence-electron chi connectivity index (χ3n) is 11.2. The van der Waals surface area contributed by atoms with Crippen molar-refractivity contribution in [2.75, 3.05) is 32.7 Å². The summed E-state index contributed by atoms with van der Waals surface area (Å²) in [5.74, 6) is 2.43. The van der Waals surface area contributed by atoms with Gasteiger partial charge in [-0.25, -0.2) is 4.79 Å². The number of nitrogens with zero attached hydrogens (tertiary/aromatic N) is 3. The number of rotatable bonds is 9. The normalized spacial score (nSPS) is 26.5. The highest BCUT2D eigenvalue weighted by Gasteiger charge is 2.52. The Morgan fingerprint density at radius 3 is 1.69 bits per heavy atom. The Labute approximate surface area is 268 Å². The minimum Gasteiger partial charge on any atom is -0.340 e. The Bertz CT molecular complexity index is 1360. The second kappa shape index (κ2) is 13.0. The zero-order chi connectivity index (χ0) is 30.8. The molecule has 5 fully saturated rings. The molecule has 1 aliphatic heterocycles. The number of nitrogens with one attached hydrogen (secondary N) is 1. The molecule has 1 atom stereocenters. The minimum absolute atomic E-state index is 0.000476. The molecule has 6 nitrogen and oxygen atoms in total. The highest BCUT2D eigenvalue weighted by atomic mass is 16.2. The molecule has 4 aliphatic carbocycles. The topological polar surface area (TPSA) is 55.9 Å². The fraction of sp³-hybridized carbons (Fsp3) is 0.487. The molecule has 5 aliphatic rings. The first kappa shape index (κ1) is 30.0. The number of urea groups is 1. The van der Waals surface area contributed by atoms with Crippen molar-refractivity contribution in [1.82, 2.24) is 20.0 Å². The van der Waals surface area contributed by atoms with Gasteiger partial charge in [0, 0.05) is 44.7 Å². The number of benzene rings is 3. The molecular formula is C39H48N4O2. The van der Waals surface area contributed by atoms with Gasteiger partial charge >= 0.3 is 6.03 Å². The van der Waals surface area contributed by atoms with Crippen LogP contribution in [0, 0.1) is 17.8 Å². The summed E-state index contributed by atoms with van der Waals surface area (Å²) in [6.45, 7) is 5.55. The Morgan fingerprint density at radius 1 is 0.733 bits per heavy atom. The Balaban J connectivity index is 1.01. The predicted octanol–water partition coefficient (Wildman–Crippen LogP) is 7.05. The lowest BCUT2D eigenvalue weighted by Crippen LogP contribution is -2.62. The molecule has 3 aromatic carbocycles. The zero-order valence-electron chi connectivity index (χ0n) is 26.7. The van der Waals surface area contributed by atoms with Crippen LogP contribution in [0.15, 0.2) is 91.0 Å². The van der Waals surface area contributed by atoms with E-state index in [4.69, 9.17) is 0 Å². The van der Waals surface area contributed by atoms with Gasteiger partial charge in [-0.3, -0.25) is 9.69 Å². The molecule has 1 saturated heterocycles. The molecule has 1 N–H and O–H groups in total. The van der Waals surface area contributed by atoms with E-state index in [1.165, 1.54) is 30.4 Å². The molecule has 1 heterocycles. The van der Waals surface area contributed by atoms with Gasteiger partial charge < -0.3 is 15.1 Å². The average Bonchev–Trinajstić information content (AvgIpc) is 3.05. The molecule has 6 heteroatoms. The summed E-state index contributed by atoms with van der Waals surface area (Å²) in [6, 6.07) is 31.7. The van der Waals surface area contributed by atoms with Crippen LogP contribution in [0.3, 0.4) is 0 Å². The first-order chi connectivity index (χ1) is 22.0. The first-order valence-electron chi connectivity index (χ1n) is 17.2. The summed E-state index contributed by atoms with van der Waals surface area (Å²) < 4.78 is 0. The van der Waals surface area contributed by atoms with Crippen LogP contribution >= 0.6 is 0 Å². The van der Waals surface area contributed by atoms with E-state index < -0.39 is 0 Å². The first-order valence-corrected chi connectivity index (χ1v) is 17.2. The summed E-state index contributed by atoms with van der Waals surface area (Å²) in [5, 5.41) is 3.58. The third kappa shape index (κ3) is 6.53. The highest BCUT2D eigenvalue weighted by Crippen LogP contribution is 2.55. The lowest BCUT2D eigenvalue weighted by atomic mass is 9.53. The number of carbonyl (C=O) groups is 2. The van der Waals surface area contributed by atoms with Crippen molar-refractivity contribution < 1.29 is 9.59 Å². The molecular weight excluding hydrogens is 556 g/mol. The zero-order valence-corrected chi connectivity index (χ0v) is 26.7. The summed E-state index contributed by atoms with van der Waals surface area (Å²) in [5.41, 5.74) is 3.60. The van der Waals surface area contributed by atoms with Crippen LogP contribution in [-0.4, -0.2) is 64.9 Å². The van der Waals surface area contributed by atoms with Gasteiger partial charge in [-0.15, -0.1) is 0 Å². The maximum absolute atomic E-state index is 14.1.